The monoisotopic (exact) mass is 268 g/mol. The summed E-state index contributed by atoms with van der Waals surface area (Å²) in [5.74, 6) is 0.524. The van der Waals surface area contributed by atoms with E-state index in [2.05, 4.69) is 0 Å². The summed E-state index contributed by atoms with van der Waals surface area (Å²) in [4.78, 5) is 0.269. The van der Waals surface area contributed by atoms with E-state index >= 15 is 0 Å². The zero-order valence-electron chi connectivity index (χ0n) is 11.1. The van der Waals surface area contributed by atoms with Gasteiger partial charge in [0, 0.05) is 13.6 Å². The Balaban J connectivity index is 2.42. The van der Waals surface area contributed by atoms with E-state index in [1.54, 1.807) is 13.1 Å². The second-order valence-electron chi connectivity index (χ2n) is 5.15. The lowest BCUT2D eigenvalue weighted by molar-refractivity contribution is 0.452. The van der Waals surface area contributed by atoms with Crippen molar-refractivity contribution < 1.29 is 8.42 Å². The van der Waals surface area contributed by atoms with Crippen LogP contribution in [0.15, 0.2) is 17.0 Å². The van der Waals surface area contributed by atoms with Crippen molar-refractivity contribution in [1.82, 2.24) is 4.31 Å². The Morgan fingerprint density at radius 2 is 1.94 bits per heavy atom. The first-order valence-corrected chi connectivity index (χ1v) is 7.60. The van der Waals surface area contributed by atoms with Crippen molar-refractivity contribution >= 4 is 15.7 Å². The molecule has 18 heavy (non-hydrogen) atoms. The van der Waals surface area contributed by atoms with Gasteiger partial charge in [-0.1, -0.05) is 6.07 Å². The summed E-state index contributed by atoms with van der Waals surface area (Å²) in [7, 11) is -1.84. The molecule has 0 radical (unpaired) electrons. The number of nitrogen functional groups attached to an aromatic ring is 1. The van der Waals surface area contributed by atoms with E-state index in [1.165, 1.54) is 4.31 Å². The lowest BCUT2D eigenvalue weighted by Crippen LogP contribution is -2.30. The third-order valence-corrected chi connectivity index (χ3v) is 5.62. The third-order valence-electron chi connectivity index (χ3n) is 3.59. The summed E-state index contributed by atoms with van der Waals surface area (Å²) in [6, 6.07) is 3.52. The number of aryl methyl sites for hydroxylation is 1. The molecule has 5 heteroatoms. The average Bonchev–Trinajstić information content (AvgIpc) is 3.07. The van der Waals surface area contributed by atoms with Gasteiger partial charge in [0.2, 0.25) is 10.0 Å². The highest BCUT2D eigenvalue weighted by Gasteiger charge is 2.31. The molecule has 1 aliphatic carbocycles. The van der Waals surface area contributed by atoms with Gasteiger partial charge in [0.05, 0.1) is 5.69 Å². The molecular formula is C13H20N2O2S. The molecule has 0 atom stereocenters. The molecule has 0 bridgehead atoms. The molecular weight excluding hydrogens is 248 g/mol. The summed E-state index contributed by atoms with van der Waals surface area (Å²) in [5, 5.41) is 0. The Kier molecular flexibility index (Phi) is 3.38. The van der Waals surface area contributed by atoms with Gasteiger partial charge in [-0.05, 0) is 49.8 Å². The smallest absolute Gasteiger partial charge is 0.245 e. The molecule has 2 N–H and O–H groups in total. The highest BCUT2D eigenvalue weighted by molar-refractivity contribution is 7.89. The van der Waals surface area contributed by atoms with E-state index in [0.717, 1.165) is 24.0 Å². The molecule has 4 nitrogen and oxygen atoms in total. The summed E-state index contributed by atoms with van der Waals surface area (Å²) in [5.41, 5.74) is 7.88. The third kappa shape index (κ3) is 2.37. The minimum Gasteiger partial charge on any atom is -0.398 e. The summed E-state index contributed by atoms with van der Waals surface area (Å²) >= 11 is 0. The maximum Gasteiger partial charge on any atom is 0.245 e. The first kappa shape index (κ1) is 13.4. The van der Waals surface area contributed by atoms with E-state index in [0.29, 0.717) is 18.2 Å². The van der Waals surface area contributed by atoms with E-state index in [4.69, 9.17) is 5.73 Å². The molecule has 100 valence electrons. The van der Waals surface area contributed by atoms with Crippen molar-refractivity contribution in [3.8, 4) is 0 Å². The molecule has 0 heterocycles. The van der Waals surface area contributed by atoms with Crippen LogP contribution in [0.1, 0.15) is 24.0 Å². The maximum atomic E-state index is 12.5. The van der Waals surface area contributed by atoms with Crippen LogP contribution in [0.5, 0.6) is 0 Å². The lowest BCUT2D eigenvalue weighted by atomic mass is 10.1. The predicted octanol–water partition coefficient (Wildman–Crippen LogP) is 1.92. The number of nitrogens with zero attached hydrogens (tertiary/aromatic N) is 1. The fraction of sp³-hybridized carbons (Fsp3) is 0.538. The molecule has 0 saturated heterocycles. The largest absolute Gasteiger partial charge is 0.398 e. The normalized spacial score (nSPS) is 16.2. The van der Waals surface area contributed by atoms with Crippen molar-refractivity contribution in [3.63, 3.8) is 0 Å². The number of benzene rings is 1. The van der Waals surface area contributed by atoms with E-state index in [1.807, 2.05) is 19.9 Å². The highest BCUT2D eigenvalue weighted by Crippen LogP contribution is 2.33. The molecule has 1 saturated carbocycles. The molecule has 0 amide bonds. The van der Waals surface area contributed by atoms with Crippen LogP contribution in [0, 0.1) is 19.8 Å². The summed E-state index contributed by atoms with van der Waals surface area (Å²) in [6.07, 6.45) is 2.25. The average molecular weight is 268 g/mol. The minimum atomic E-state index is -3.47. The van der Waals surface area contributed by atoms with Crippen molar-refractivity contribution in [3.05, 3.63) is 23.3 Å². The molecule has 1 fully saturated rings. The predicted molar refractivity (Wildman–Crippen MR) is 72.9 cm³/mol. The first-order chi connectivity index (χ1) is 8.34. The number of sulfonamides is 1. The van der Waals surface area contributed by atoms with E-state index < -0.39 is 10.0 Å². The Morgan fingerprint density at radius 3 is 2.50 bits per heavy atom. The highest BCUT2D eigenvalue weighted by atomic mass is 32.2. The molecule has 1 aromatic rings. The second kappa shape index (κ2) is 4.55. The van der Waals surface area contributed by atoms with Crippen molar-refractivity contribution in [2.24, 2.45) is 5.92 Å². The van der Waals surface area contributed by atoms with Crippen LogP contribution in [0.4, 0.5) is 5.69 Å². The van der Waals surface area contributed by atoms with Gasteiger partial charge in [0.1, 0.15) is 4.90 Å². The van der Waals surface area contributed by atoms with Gasteiger partial charge in [-0.3, -0.25) is 0 Å². The maximum absolute atomic E-state index is 12.5. The SMILES string of the molecule is Cc1ccc(N)c(S(=O)(=O)N(C)CC2CC2)c1C. The van der Waals surface area contributed by atoms with Crippen LogP contribution in [0.25, 0.3) is 0 Å². The number of hydrogen-bond acceptors (Lipinski definition) is 3. The fourth-order valence-electron chi connectivity index (χ4n) is 2.07. The van der Waals surface area contributed by atoms with Gasteiger partial charge < -0.3 is 5.73 Å². The van der Waals surface area contributed by atoms with Gasteiger partial charge >= 0.3 is 0 Å². The van der Waals surface area contributed by atoms with E-state index in [9.17, 15) is 8.42 Å². The van der Waals surface area contributed by atoms with Gasteiger partial charge in [-0.25, -0.2) is 12.7 Å². The van der Waals surface area contributed by atoms with Crippen LogP contribution in [0.2, 0.25) is 0 Å². The van der Waals surface area contributed by atoms with Gasteiger partial charge in [0.25, 0.3) is 0 Å². The molecule has 1 aliphatic rings. The van der Waals surface area contributed by atoms with Crippen molar-refractivity contribution in [2.75, 3.05) is 19.3 Å². The van der Waals surface area contributed by atoms with Crippen LogP contribution >= 0.6 is 0 Å². The van der Waals surface area contributed by atoms with E-state index in [-0.39, 0.29) is 4.90 Å². The van der Waals surface area contributed by atoms with Gasteiger partial charge in [0.15, 0.2) is 0 Å². The van der Waals surface area contributed by atoms with Crippen LogP contribution < -0.4 is 5.73 Å². The fourth-order valence-corrected chi connectivity index (χ4v) is 3.70. The quantitative estimate of drug-likeness (QED) is 0.848. The second-order valence-corrected chi connectivity index (χ2v) is 7.14. The standard InChI is InChI=1S/C13H20N2O2S/c1-9-4-7-12(14)13(10(9)2)18(16,17)15(3)8-11-5-6-11/h4,7,11H,5-6,8,14H2,1-3H3. The first-order valence-electron chi connectivity index (χ1n) is 6.16. The van der Waals surface area contributed by atoms with Crippen molar-refractivity contribution in [1.29, 1.82) is 0 Å². The lowest BCUT2D eigenvalue weighted by Gasteiger charge is -2.20. The zero-order chi connectivity index (χ0) is 13.5. The number of hydrogen-bond donors (Lipinski definition) is 1. The molecule has 0 unspecified atom stereocenters. The molecule has 0 spiro atoms. The van der Waals surface area contributed by atoms with Gasteiger partial charge in [-0.2, -0.15) is 0 Å². The molecule has 0 aromatic heterocycles. The van der Waals surface area contributed by atoms with Crippen LogP contribution in [0.3, 0.4) is 0 Å². The Morgan fingerprint density at radius 1 is 1.33 bits per heavy atom. The van der Waals surface area contributed by atoms with Crippen molar-refractivity contribution in [2.45, 2.75) is 31.6 Å². The Hall–Kier alpha value is -1.07. The number of anilines is 1. The number of rotatable bonds is 4. The molecule has 0 aliphatic heterocycles. The van der Waals surface area contributed by atoms with Gasteiger partial charge in [-0.15, -0.1) is 0 Å². The van der Waals surface area contributed by atoms with Crippen LogP contribution in [-0.2, 0) is 10.0 Å². The topological polar surface area (TPSA) is 63.4 Å². The minimum absolute atomic E-state index is 0.269. The molecule has 1 aromatic carbocycles. The molecule has 2 rings (SSSR count). The Bertz CT molecular complexity index is 563. The Labute approximate surface area is 109 Å². The van der Waals surface area contributed by atoms with Crippen LogP contribution in [-0.4, -0.2) is 26.3 Å². The summed E-state index contributed by atoms with van der Waals surface area (Å²) in [6.45, 7) is 4.30. The summed E-state index contributed by atoms with van der Waals surface area (Å²) < 4.78 is 26.5. The number of nitrogens with two attached hydrogens (primary N) is 1. The zero-order valence-corrected chi connectivity index (χ0v) is 11.9.